The van der Waals surface area contributed by atoms with Gasteiger partial charge in [-0.25, -0.2) is 9.78 Å². The van der Waals surface area contributed by atoms with Crippen molar-refractivity contribution in [2.75, 3.05) is 13.7 Å². The number of aromatic amines is 1. The Morgan fingerprint density at radius 3 is 2.71 bits per heavy atom. The zero-order valence-corrected chi connectivity index (χ0v) is 18.2. The molecule has 7 nitrogen and oxygen atoms in total. The van der Waals surface area contributed by atoms with Gasteiger partial charge in [0.15, 0.2) is 0 Å². The lowest BCUT2D eigenvalue weighted by Gasteiger charge is -2.10. The van der Waals surface area contributed by atoms with Gasteiger partial charge in [0.2, 0.25) is 5.88 Å². The summed E-state index contributed by atoms with van der Waals surface area (Å²) in [6.07, 6.45) is 0.771. The first-order valence-corrected chi connectivity index (χ1v) is 10.2. The van der Waals surface area contributed by atoms with E-state index in [0.29, 0.717) is 27.1 Å². The Morgan fingerprint density at radius 2 is 1.97 bits per heavy atom. The average Bonchev–Trinajstić information content (AvgIpc) is 3.10. The van der Waals surface area contributed by atoms with Crippen molar-refractivity contribution < 1.29 is 23.7 Å². The summed E-state index contributed by atoms with van der Waals surface area (Å²) in [6.45, 7) is 2.07. The standard InChI is InChI=1S/C22H18Cl2N2O5/c1-3-29-22(27)31-21-15(11-28-2)20-14-9-13(5-6-17(14)26-18(20)10-25-21)30-19-7-4-12(23)8-16(19)24/h4-10,26H,3,11H2,1-2H3. The van der Waals surface area contributed by atoms with Gasteiger partial charge >= 0.3 is 6.16 Å². The van der Waals surface area contributed by atoms with Crippen molar-refractivity contribution in [3.8, 4) is 17.4 Å². The van der Waals surface area contributed by atoms with Gasteiger partial charge in [-0.15, -0.1) is 0 Å². The normalized spacial score (nSPS) is 11.1. The molecule has 0 saturated heterocycles. The molecule has 160 valence electrons. The van der Waals surface area contributed by atoms with Crippen LogP contribution in [0.1, 0.15) is 12.5 Å². The van der Waals surface area contributed by atoms with E-state index < -0.39 is 6.16 Å². The Labute approximate surface area is 187 Å². The first-order valence-electron chi connectivity index (χ1n) is 9.40. The number of nitrogens with zero attached hydrogens (tertiary/aromatic N) is 1. The van der Waals surface area contributed by atoms with E-state index in [0.717, 1.165) is 21.8 Å². The Morgan fingerprint density at radius 1 is 1.13 bits per heavy atom. The van der Waals surface area contributed by atoms with Crippen LogP contribution < -0.4 is 9.47 Å². The topological polar surface area (TPSA) is 82.7 Å². The van der Waals surface area contributed by atoms with Gasteiger partial charge in [0, 0.05) is 28.4 Å². The van der Waals surface area contributed by atoms with Crippen molar-refractivity contribution in [1.82, 2.24) is 9.97 Å². The zero-order chi connectivity index (χ0) is 22.0. The molecular weight excluding hydrogens is 443 g/mol. The SMILES string of the molecule is CCOC(=O)Oc1ncc2[nH]c3ccc(Oc4ccc(Cl)cc4Cl)cc3c2c1COC. The van der Waals surface area contributed by atoms with Gasteiger partial charge in [0.05, 0.1) is 35.5 Å². The molecule has 0 aliphatic heterocycles. The van der Waals surface area contributed by atoms with Crippen molar-refractivity contribution >= 4 is 51.2 Å². The lowest BCUT2D eigenvalue weighted by atomic mass is 10.1. The highest BCUT2D eigenvalue weighted by atomic mass is 35.5. The highest BCUT2D eigenvalue weighted by molar-refractivity contribution is 6.35. The molecule has 1 N–H and O–H groups in total. The van der Waals surface area contributed by atoms with Crippen LogP contribution in [0.3, 0.4) is 0 Å². The molecule has 0 aliphatic carbocycles. The highest BCUT2D eigenvalue weighted by Crippen LogP contribution is 2.37. The maximum absolute atomic E-state index is 11.8. The lowest BCUT2D eigenvalue weighted by Crippen LogP contribution is -2.12. The summed E-state index contributed by atoms with van der Waals surface area (Å²) in [5, 5.41) is 2.58. The number of ether oxygens (including phenoxy) is 4. The van der Waals surface area contributed by atoms with E-state index in [9.17, 15) is 4.79 Å². The van der Waals surface area contributed by atoms with Crippen LogP contribution in [0.15, 0.2) is 42.6 Å². The third kappa shape index (κ3) is 4.39. The number of methoxy groups -OCH3 is 1. The second-order valence-corrected chi connectivity index (χ2v) is 7.40. The molecule has 0 bridgehead atoms. The van der Waals surface area contributed by atoms with E-state index in [2.05, 4.69) is 9.97 Å². The molecule has 2 heterocycles. The van der Waals surface area contributed by atoms with Crippen LogP contribution >= 0.6 is 23.2 Å². The Balaban J connectivity index is 1.81. The lowest BCUT2D eigenvalue weighted by molar-refractivity contribution is 0.101. The van der Waals surface area contributed by atoms with E-state index in [1.807, 2.05) is 18.2 Å². The summed E-state index contributed by atoms with van der Waals surface area (Å²) < 4.78 is 21.5. The molecule has 0 spiro atoms. The number of pyridine rings is 1. The number of halogens is 2. The number of benzene rings is 2. The first kappa shape index (κ1) is 21.2. The monoisotopic (exact) mass is 460 g/mol. The fourth-order valence-electron chi connectivity index (χ4n) is 3.26. The van der Waals surface area contributed by atoms with Crippen molar-refractivity contribution in [3.05, 3.63) is 58.2 Å². The van der Waals surface area contributed by atoms with Gasteiger partial charge in [-0.3, -0.25) is 0 Å². The van der Waals surface area contributed by atoms with Gasteiger partial charge < -0.3 is 23.9 Å². The number of hydrogen-bond acceptors (Lipinski definition) is 6. The first-order chi connectivity index (χ1) is 15.0. The Bertz CT molecular complexity index is 1270. The molecule has 9 heteroatoms. The number of fused-ring (bicyclic) bond motifs is 3. The number of aromatic nitrogens is 2. The fourth-order valence-corrected chi connectivity index (χ4v) is 3.71. The molecular formula is C22H18Cl2N2O5. The molecule has 0 aliphatic rings. The number of rotatable bonds is 6. The second-order valence-electron chi connectivity index (χ2n) is 6.56. The fraction of sp³-hybridized carbons (Fsp3) is 0.182. The van der Waals surface area contributed by atoms with Gasteiger partial charge in [-0.05, 0) is 43.3 Å². The van der Waals surface area contributed by atoms with Crippen molar-refractivity contribution in [2.45, 2.75) is 13.5 Å². The van der Waals surface area contributed by atoms with E-state index >= 15 is 0 Å². The van der Waals surface area contributed by atoms with E-state index in [1.165, 1.54) is 0 Å². The summed E-state index contributed by atoms with van der Waals surface area (Å²) in [7, 11) is 1.55. The molecule has 31 heavy (non-hydrogen) atoms. The van der Waals surface area contributed by atoms with Crippen molar-refractivity contribution in [1.29, 1.82) is 0 Å². The zero-order valence-electron chi connectivity index (χ0n) is 16.7. The minimum absolute atomic E-state index is 0.126. The van der Waals surface area contributed by atoms with Gasteiger partial charge in [0.1, 0.15) is 11.5 Å². The largest absolute Gasteiger partial charge is 0.515 e. The summed E-state index contributed by atoms with van der Waals surface area (Å²) in [6, 6.07) is 10.6. The molecule has 2 aromatic heterocycles. The smallest absolute Gasteiger partial charge is 0.456 e. The maximum Gasteiger partial charge on any atom is 0.515 e. The second kappa shape index (κ2) is 9.01. The van der Waals surface area contributed by atoms with Crippen molar-refractivity contribution in [2.24, 2.45) is 0 Å². The molecule has 0 saturated carbocycles. The van der Waals surface area contributed by atoms with Gasteiger partial charge in [-0.2, -0.15) is 0 Å². The Kier molecular flexibility index (Phi) is 6.18. The average molecular weight is 461 g/mol. The van der Waals surface area contributed by atoms with E-state index in [1.54, 1.807) is 38.4 Å². The predicted molar refractivity (Wildman–Crippen MR) is 118 cm³/mol. The number of nitrogens with one attached hydrogen (secondary N) is 1. The third-order valence-electron chi connectivity index (χ3n) is 4.52. The van der Waals surface area contributed by atoms with Crippen LogP contribution in [-0.4, -0.2) is 29.8 Å². The molecule has 0 unspecified atom stereocenters. The number of hydrogen-bond donors (Lipinski definition) is 1. The summed E-state index contributed by atoms with van der Waals surface area (Å²) in [5.74, 6) is 1.18. The van der Waals surface area contributed by atoms with Gasteiger partial charge in [-0.1, -0.05) is 23.2 Å². The Hall–Kier alpha value is -3.00. The van der Waals surface area contributed by atoms with Crippen LogP contribution in [0, 0.1) is 0 Å². The minimum atomic E-state index is -0.826. The van der Waals surface area contributed by atoms with E-state index in [-0.39, 0.29) is 19.1 Å². The number of H-pyrrole nitrogens is 1. The predicted octanol–water partition coefficient (Wildman–Crippen LogP) is 6.50. The number of carbonyl (C=O) groups is 1. The molecule has 2 aromatic carbocycles. The van der Waals surface area contributed by atoms with E-state index in [4.69, 9.17) is 42.1 Å². The highest BCUT2D eigenvalue weighted by Gasteiger charge is 2.19. The van der Waals surface area contributed by atoms with Crippen LogP contribution in [0.4, 0.5) is 4.79 Å². The summed E-state index contributed by atoms with van der Waals surface area (Å²) in [5.41, 5.74) is 2.23. The molecule has 0 radical (unpaired) electrons. The molecule has 0 amide bonds. The van der Waals surface area contributed by atoms with Crippen LogP contribution in [0.2, 0.25) is 10.0 Å². The number of carbonyl (C=O) groups excluding carboxylic acids is 1. The van der Waals surface area contributed by atoms with Gasteiger partial charge in [0.25, 0.3) is 0 Å². The van der Waals surface area contributed by atoms with Crippen LogP contribution in [0.5, 0.6) is 17.4 Å². The minimum Gasteiger partial charge on any atom is -0.456 e. The van der Waals surface area contributed by atoms with Crippen molar-refractivity contribution in [3.63, 3.8) is 0 Å². The van der Waals surface area contributed by atoms with Crippen LogP contribution in [0.25, 0.3) is 21.8 Å². The molecule has 0 atom stereocenters. The quantitative estimate of drug-likeness (QED) is 0.330. The third-order valence-corrected chi connectivity index (χ3v) is 5.05. The molecule has 0 fully saturated rings. The maximum atomic E-state index is 11.8. The molecule has 4 rings (SSSR count). The summed E-state index contributed by atoms with van der Waals surface area (Å²) >= 11 is 12.2. The van der Waals surface area contributed by atoms with Crippen LogP contribution in [-0.2, 0) is 16.1 Å². The molecule has 4 aromatic rings. The summed E-state index contributed by atoms with van der Waals surface area (Å²) in [4.78, 5) is 19.4.